The Kier molecular flexibility index (Phi) is 5.34. The van der Waals surface area contributed by atoms with E-state index in [0.29, 0.717) is 5.91 Å². The minimum atomic E-state index is 0.195. The molecule has 3 heterocycles. The lowest BCUT2D eigenvalue weighted by Crippen LogP contribution is -2.50. The van der Waals surface area contributed by atoms with Crippen LogP contribution in [0.1, 0.15) is 25.0 Å². The molecule has 1 amide bonds. The minimum Gasteiger partial charge on any atom is -0.340 e. The third-order valence-corrected chi connectivity index (χ3v) is 5.62. The molecule has 1 aliphatic carbocycles. The Morgan fingerprint density at radius 3 is 2.78 bits per heavy atom. The average molecular weight is 365 g/mol. The monoisotopic (exact) mass is 365 g/mol. The van der Waals surface area contributed by atoms with Crippen LogP contribution in [-0.2, 0) is 18.4 Å². The van der Waals surface area contributed by atoms with Gasteiger partial charge in [0.2, 0.25) is 5.91 Å². The van der Waals surface area contributed by atoms with E-state index in [1.54, 1.807) is 6.20 Å². The van der Waals surface area contributed by atoms with Gasteiger partial charge in [-0.25, -0.2) is 0 Å². The molecule has 0 saturated carbocycles. The van der Waals surface area contributed by atoms with E-state index in [0.717, 1.165) is 63.2 Å². The number of hydrogen-bond acceptors (Lipinski definition) is 4. The topological polar surface area (TPSA) is 54.3 Å². The zero-order chi connectivity index (χ0) is 18.6. The number of allylic oxidation sites excluding steroid dienone is 2. The van der Waals surface area contributed by atoms with Crippen LogP contribution in [0.4, 0.5) is 0 Å². The number of aryl methyl sites for hydroxylation is 1. The SMILES string of the molecule is Cn1nc(-c2cccnc2)cc1CN1CCN(C(=O)C2CC=CCC2)CC1. The van der Waals surface area contributed by atoms with Crippen LogP contribution in [0.5, 0.6) is 0 Å². The van der Waals surface area contributed by atoms with Crippen molar-refractivity contribution in [3.05, 3.63) is 48.4 Å². The molecule has 2 aromatic heterocycles. The Hall–Kier alpha value is -2.47. The van der Waals surface area contributed by atoms with Gasteiger partial charge in [-0.1, -0.05) is 12.2 Å². The summed E-state index contributed by atoms with van der Waals surface area (Å²) in [6.45, 7) is 4.35. The second kappa shape index (κ2) is 8.05. The van der Waals surface area contributed by atoms with Crippen molar-refractivity contribution in [2.45, 2.75) is 25.8 Å². The van der Waals surface area contributed by atoms with Crippen LogP contribution in [0.15, 0.2) is 42.7 Å². The van der Waals surface area contributed by atoms with Gasteiger partial charge in [-0.3, -0.25) is 19.4 Å². The number of carbonyl (C=O) groups is 1. The second-order valence-corrected chi connectivity index (χ2v) is 7.47. The molecule has 27 heavy (non-hydrogen) atoms. The summed E-state index contributed by atoms with van der Waals surface area (Å²) in [6, 6.07) is 6.11. The standard InChI is InChI=1S/C21H27N5O/c1-24-19(14-20(23-24)18-8-5-9-22-15-18)16-25-10-12-26(13-11-25)21(27)17-6-3-2-4-7-17/h2-3,5,8-9,14-15,17H,4,6-7,10-13,16H2,1H3. The van der Waals surface area contributed by atoms with E-state index in [4.69, 9.17) is 0 Å². The summed E-state index contributed by atoms with van der Waals surface area (Å²) in [6.07, 6.45) is 10.9. The van der Waals surface area contributed by atoms with Gasteiger partial charge in [-0.15, -0.1) is 0 Å². The maximum Gasteiger partial charge on any atom is 0.226 e. The maximum atomic E-state index is 12.7. The molecule has 1 fully saturated rings. The Labute approximate surface area is 160 Å². The highest BCUT2D eigenvalue weighted by molar-refractivity contribution is 5.79. The quantitative estimate of drug-likeness (QED) is 0.781. The number of carbonyl (C=O) groups excluding carboxylic acids is 1. The van der Waals surface area contributed by atoms with Crippen LogP contribution in [0.3, 0.4) is 0 Å². The van der Waals surface area contributed by atoms with Crippen molar-refractivity contribution < 1.29 is 4.79 Å². The summed E-state index contributed by atoms with van der Waals surface area (Å²) in [5, 5.41) is 4.63. The molecule has 6 nitrogen and oxygen atoms in total. The summed E-state index contributed by atoms with van der Waals surface area (Å²) >= 11 is 0. The van der Waals surface area contributed by atoms with Crippen LogP contribution < -0.4 is 0 Å². The number of hydrogen-bond donors (Lipinski definition) is 0. The minimum absolute atomic E-state index is 0.195. The summed E-state index contributed by atoms with van der Waals surface area (Å²) < 4.78 is 1.95. The van der Waals surface area contributed by atoms with Crippen LogP contribution in [-0.4, -0.2) is 56.7 Å². The highest BCUT2D eigenvalue weighted by Crippen LogP contribution is 2.22. The van der Waals surface area contributed by atoms with Crippen LogP contribution in [0.2, 0.25) is 0 Å². The zero-order valence-corrected chi connectivity index (χ0v) is 15.9. The average Bonchev–Trinajstić information content (AvgIpc) is 3.10. The molecule has 0 radical (unpaired) electrons. The van der Waals surface area contributed by atoms with Crippen molar-refractivity contribution in [1.82, 2.24) is 24.6 Å². The highest BCUT2D eigenvalue weighted by atomic mass is 16.2. The van der Waals surface area contributed by atoms with E-state index in [-0.39, 0.29) is 5.92 Å². The molecule has 0 N–H and O–H groups in total. The van der Waals surface area contributed by atoms with Crippen LogP contribution >= 0.6 is 0 Å². The second-order valence-electron chi connectivity index (χ2n) is 7.47. The largest absolute Gasteiger partial charge is 0.340 e. The molecule has 0 bridgehead atoms. The molecule has 6 heteroatoms. The van der Waals surface area contributed by atoms with Gasteiger partial charge in [0.15, 0.2) is 0 Å². The van der Waals surface area contributed by atoms with Gasteiger partial charge in [0.1, 0.15) is 0 Å². The lowest BCUT2D eigenvalue weighted by Gasteiger charge is -2.36. The van der Waals surface area contributed by atoms with E-state index in [9.17, 15) is 4.79 Å². The molecular weight excluding hydrogens is 338 g/mol. The van der Waals surface area contributed by atoms with E-state index in [2.05, 4.69) is 38.1 Å². The molecule has 1 aliphatic heterocycles. The van der Waals surface area contributed by atoms with Gasteiger partial charge in [0.05, 0.1) is 11.4 Å². The van der Waals surface area contributed by atoms with Gasteiger partial charge in [0.25, 0.3) is 0 Å². The van der Waals surface area contributed by atoms with Crippen molar-refractivity contribution in [2.24, 2.45) is 13.0 Å². The summed E-state index contributed by atoms with van der Waals surface area (Å²) in [5.74, 6) is 0.541. The Bertz CT molecular complexity index is 805. The third kappa shape index (κ3) is 4.11. The molecule has 2 aliphatic rings. The molecule has 4 rings (SSSR count). The lowest BCUT2D eigenvalue weighted by atomic mass is 9.93. The first-order valence-electron chi connectivity index (χ1n) is 9.80. The summed E-state index contributed by atoms with van der Waals surface area (Å²) in [5.41, 5.74) is 3.18. The van der Waals surface area contributed by atoms with Gasteiger partial charge in [-0.05, 0) is 37.5 Å². The molecular formula is C21H27N5O. The maximum absolute atomic E-state index is 12.7. The van der Waals surface area contributed by atoms with E-state index < -0.39 is 0 Å². The number of amides is 1. The van der Waals surface area contributed by atoms with Crippen LogP contribution in [0.25, 0.3) is 11.3 Å². The van der Waals surface area contributed by atoms with Crippen molar-refractivity contribution in [1.29, 1.82) is 0 Å². The van der Waals surface area contributed by atoms with Gasteiger partial charge < -0.3 is 4.90 Å². The summed E-state index contributed by atoms with van der Waals surface area (Å²) in [7, 11) is 1.99. The van der Waals surface area contributed by atoms with E-state index in [1.807, 2.05) is 30.1 Å². The Morgan fingerprint density at radius 2 is 2.07 bits per heavy atom. The van der Waals surface area contributed by atoms with Crippen molar-refractivity contribution in [2.75, 3.05) is 26.2 Å². The first kappa shape index (κ1) is 17.9. The molecule has 1 atom stereocenters. The number of aromatic nitrogens is 3. The molecule has 1 unspecified atom stereocenters. The highest BCUT2D eigenvalue weighted by Gasteiger charge is 2.27. The van der Waals surface area contributed by atoms with Crippen LogP contribution in [0, 0.1) is 5.92 Å². The summed E-state index contributed by atoms with van der Waals surface area (Å²) in [4.78, 5) is 21.3. The molecule has 0 spiro atoms. The number of pyridine rings is 1. The molecule has 142 valence electrons. The smallest absolute Gasteiger partial charge is 0.226 e. The fourth-order valence-electron chi connectivity index (χ4n) is 3.94. The first-order chi connectivity index (χ1) is 13.2. The fourth-order valence-corrected chi connectivity index (χ4v) is 3.94. The van der Waals surface area contributed by atoms with Crippen molar-refractivity contribution >= 4 is 5.91 Å². The molecule has 0 aromatic carbocycles. The first-order valence-corrected chi connectivity index (χ1v) is 9.80. The normalized spacial score (nSPS) is 20.8. The predicted octanol–water partition coefficient (Wildman–Crippen LogP) is 2.48. The zero-order valence-electron chi connectivity index (χ0n) is 15.9. The Balaban J connectivity index is 1.34. The van der Waals surface area contributed by atoms with Crippen molar-refractivity contribution in [3.63, 3.8) is 0 Å². The third-order valence-electron chi connectivity index (χ3n) is 5.62. The number of piperazine rings is 1. The lowest BCUT2D eigenvalue weighted by molar-refractivity contribution is -0.137. The molecule has 2 aromatic rings. The molecule has 1 saturated heterocycles. The number of nitrogens with zero attached hydrogens (tertiary/aromatic N) is 5. The number of rotatable bonds is 4. The van der Waals surface area contributed by atoms with Gasteiger partial charge in [0, 0.05) is 63.6 Å². The van der Waals surface area contributed by atoms with E-state index in [1.165, 1.54) is 5.69 Å². The van der Waals surface area contributed by atoms with E-state index >= 15 is 0 Å². The fraction of sp³-hybridized carbons (Fsp3) is 0.476. The Morgan fingerprint density at radius 1 is 1.22 bits per heavy atom. The van der Waals surface area contributed by atoms with Gasteiger partial charge >= 0.3 is 0 Å². The predicted molar refractivity (Wildman–Crippen MR) is 105 cm³/mol. The van der Waals surface area contributed by atoms with Gasteiger partial charge in [-0.2, -0.15) is 5.10 Å². The van der Waals surface area contributed by atoms with Crippen molar-refractivity contribution in [3.8, 4) is 11.3 Å².